The molecule has 124 valence electrons. The average molecular weight is 304 g/mol. The lowest BCUT2D eigenvalue weighted by Gasteiger charge is -2.47. The molecule has 0 amide bonds. The minimum atomic E-state index is -0.498. The first-order valence-corrected chi connectivity index (χ1v) is 8.58. The fourth-order valence-electron chi connectivity index (χ4n) is 3.88. The second-order valence-electron chi connectivity index (χ2n) is 7.74. The molecule has 2 heteroatoms. The molecule has 0 radical (unpaired) electrons. The van der Waals surface area contributed by atoms with Gasteiger partial charge in [0, 0.05) is 5.92 Å². The molecule has 1 aliphatic carbocycles. The number of hydrogen-bond acceptors (Lipinski definition) is 2. The maximum Gasteiger partial charge on any atom is 0.0924 e. The van der Waals surface area contributed by atoms with Gasteiger partial charge >= 0.3 is 0 Å². The van der Waals surface area contributed by atoms with Crippen molar-refractivity contribution in [3.63, 3.8) is 0 Å². The third-order valence-electron chi connectivity index (χ3n) is 5.87. The molecular weight excluding hydrogens is 272 g/mol. The first-order chi connectivity index (χ1) is 10.2. The number of ether oxygens (including phenoxy) is 1. The van der Waals surface area contributed by atoms with Crippen molar-refractivity contribution >= 4 is 0 Å². The van der Waals surface area contributed by atoms with Crippen LogP contribution in [0.4, 0.5) is 0 Å². The lowest BCUT2D eigenvalue weighted by atomic mass is 9.73. The molecule has 0 aromatic rings. The highest BCUT2D eigenvalue weighted by Gasteiger charge is 2.44. The van der Waals surface area contributed by atoms with Crippen LogP contribution in [0, 0.1) is 11.8 Å². The topological polar surface area (TPSA) is 29.5 Å². The molecule has 0 aromatic heterocycles. The van der Waals surface area contributed by atoms with E-state index >= 15 is 0 Å². The van der Waals surface area contributed by atoms with Gasteiger partial charge in [-0.05, 0) is 58.8 Å². The highest BCUT2D eigenvalue weighted by atomic mass is 16.5. The van der Waals surface area contributed by atoms with Crippen LogP contribution in [0.25, 0.3) is 0 Å². The van der Waals surface area contributed by atoms with E-state index in [1.54, 1.807) is 0 Å². The van der Waals surface area contributed by atoms with E-state index in [4.69, 9.17) is 4.74 Å². The molecule has 1 fully saturated rings. The van der Waals surface area contributed by atoms with E-state index in [0.29, 0.717) is 11.8 Å². The molecule has 0 aromatic carbocycles. The molecular formula is C20H32O2. The summed E-state index contributed by atoms with van der Waals surface area (Å²) in [4.78, 5) is 0. The smallest absolute Gasteiger partial charge is 0.0924 e. The van der Waals surface area contributed by atoms with Crippen molar-refractivity contribution in [2.24, 2.45) is 11.8 Å². The summed E-state index contributed by atoms with van der Waals surface area (Å²) in [6, 6.07) is 0. The van der Waals surface area contributed by atoms with Crippen LogP contribution in [0.2, 0.25) is 0 Å². The maximum atomic E-state index is 10.5. The molecule has 5 unspecified atom stereocenters. The Hall–Kier alpha value is -0.860. The summed E-state index contributed by atoms with van der Waals surface area (Å²) in [6.07, 6.45) is 8.37. The zero-order valence-electron chi connectivity index (χ0n) is 14.7. The molecule has 1 N–H and O–H groups in total. The Morgan fingerprint density at radius 3 is 2.77 bits per heavy atom. The van der Waals surface area contributed by atoms with Gasteiger partial charge < -0.3 is 9.84 Å². The SMILES string of the molecule is C=CC1(C)CCC(O)C(C)(CCC2C(=C)C(C)CC=C2C)O1. The largest absolute Gasteiger partial charge is 0.390 e. The fourth-order valence-corrected chi connectivity index (χ4v) is 3.88. The lowest BCUT2D eigenvalue weighted by Crippen LogP contribution is -2.53. The molecule has 0 spiro atoms. The van der Waals surface area contributed by atoms with Gasteiger partial charge in [-0.25, -0.2) is 0 Å². The summed E-state index contributed by atoms with van der Waals surface area (Å²) < 4.78 is 6.29. The van der Waals surface area contributed by atoms with E-state index in [0.717, 1.165) is 32.1 Å². The molecule has 0 bridgehead atoms. The van der Waals surface area contributed by atoms with Crippen LogP contribution in [0.1, 0.15) is 59.8 Å². The zero-order valence-corrected chi connectivity index (χ0v) is 14.7. The number of aliphatic hydroxyl groups is 1. The molecule has 2 nitrogen and oxygen atoms in total. The van der Waals surface area contributed by atoms with E-state index in [2.05, 4.69) is 40.0 Å². The number of rotatable bonds is 4. The van der Waals surface area contributed by atoms with Crippen LogP contribution >= 0.6 is 0 Å². The van der Waals surface area contributed by atoms with Crippen LogP contribution < -0.4 is 0 Å². The van der Waals surface area contributed by atoms with Crippen LogP contribution in [-0.4, -0.2) is 22.4 Å². The van der Waals surface area contributed by atoms with Crippen molar-refractivity contribution in [2.75, 3.05) is 0 Å². The van der Waals surface area contributed by atoms with Crippen molar-refractivity contribution < 1.29 is 9.84 Å². The highest BCUT2D eigenvalue weighted by Crippen LogP contribution is 2.42. The predicted molar refractivity (Wildman–Crippen MR) is 92.7 cm³/mol. The molecule has 1 saturated heterocycles. The average Bonchev–Trinajstić information content (AvgIpc) is 2.48. The number of aliphatic hydroxyl groups excluding tert-OH is 1. The number of allylic oxidation sites excluding steroid dienone is 3. The minimum absolute atomic E-state index is 0.324. The van der Waals surface area contributed by atoms with Crippen LogP contribution in [0.5, 0.6) is 0 Å². The van der Waals surface area contributed by atoms with Crippen LogP contribution in [0.3, 0.4) is 0 Å². The molecule has 2 rings (SSSR count). The highest BCUT2D eigenvalue weighted by molar-refractivity contribution is 5.24. The van der Waals surface area contributed by atoms with E-state index in [9.17, 15) is 5.11 Å². The third kappa shape index (κ3) is 3.38. The Bertz CT molecular complexity index is 478. The predicted octanol–water partition coefficient (Wildman–Crippen LogP) is 4.80. The summed E-state index contributed by atoms with van der Waals surface area (Å²) in [7, 11) is 0. The maximum absolute atomic E-state index is 10.5. The van der Waals surface area contributed by atoms with Crippen molar-refractivity contribution in [1.82, 2.24) is 0 Å². The molecule has 1 heterocycles. The van der Waals surface area contributed by atoms with Gasteiger partial charge in [0.05, 0.1) is 17.3 Å². The minimum Gasteiger partial charge on any atom is -0.390 e. The van der Waals surface area contributed by atoms with Gasteiger partial charge in [-0.3, -0.25) is 0 Å². The Kier molecular flexibility index (Phi) is 5.03. The van der Waals surface area contributed by atoms with E-state index in [-0.39, 0.29) is 5.60 Å². The normalized spacial score (nSPS) is 42.9. The summed E-state index contributed by atoms with van der Waals surface area (Å²) >= 11 is 0. The summed E-state index contributed by atoms with van der Waals surface area (Å²) in [5.74, 6) is 0.977. The Balaban J connectivity index is 2.08. The summed E-state index contributed by atoms with van der Waals surface area (Å²) in [6.45, 7) is 16.8. The van der Waals surface area contributed by atoms with E-state index in [1.807, 2.05) is 13.0 Å². The van der Waals surface area contributed by atoms with Gasteiger partial charge in [0.1, 0.15) is 0 Å². The lowest BCUT2D eigenvalue weighted by molar-refractivity contribution is -0.208. The van der Waals surface area contributed by atoms with Crippen LogP contribution in [-0.2, 0) is 4.74 Å². The second kappa shape index (κ2) is 6.33. The van der Waals surface area contributed by atoms with Gasteiger partial charge in [-0.15, -0.1) is 6.58 Å². The quantitative estimate of drug-likeness (QED) is 0.756. The Morgan fingerprint density at radius 1 is 1.45 bits per heavy atom. The van der Waals surface area contributed by atoms with E-state index < -0.39 is 11.7 Å². The Morgan fingerprint density at radius 2 is 2.14 bits per heavy atom. The zero-order chi connectivity index (χ0) is 16.5. The van der Waals surface area contributed by atoms with E-state index in [1.165, 1.54) is 11.1 Å². The molecule has 2 aliphatic rings. The number of hydrogen-bond donors (Lipinski definition) is 1. The molecule has 22 heavy (non-hydrogen) atoms. The molecule has 0 saturated carbocycles. The monoisotopic (exact) mass is 304 g/mol. The van der Waals surface area contributed by atoms with Crippen molar-refractivity contribution in [2.45, 2.75) is 77.1 Å². The second-order valence-corrected chi connectivity index (χ2v) is 7.74. The van der Waals surface area contributed by atoms with Gasteiger partial charge in [0.25, 0.3) is 0 Å². The summed E-state index contributed by atoms with van der Waals surface area (Å²) in [5, 5.41) is 10.5. The van der Waals surface area contributed by atoms with Gasteiger partial charge in [-0.1, -0.05) is 36.8 Å². The van der Waals surface area contributed by atoms with Crippen molar-refractivity contribution in [3.05, 3.63) is 36.5 Å². The van der Waals surface area contributed by atoms with Gasteiger partial charge in [0.2, 0.25) is 0 Å². The first kappa shape index (κ1) is 17.5. The first-order valence-electron chi connectivity index (χ1n) is 8.58. The van der Waals surface area contributed by atoms with Crippen LogP contribution in [0.15, 0.2) is 36.5 Å². The van der Waals surface area contributed by atoms with Crippen molar-refractivity contribution in [3.8, 4) is 0 Å². The standard InChI is InChI=1S/C20H32O2/c1-7-19(5)12-11-18(21)20(6,22-19)13-10-17-15(3)9-8-14(2)16(17)4/h7,9,14,17-18,21H,1,4,8,10-13H2,2-3,5-6H3. The molecule has 1 aliphatic heterocycles. The van der Waals surface area contributed by atoms with Gasteiger partial charge in [-0.2, -0.15) is 0 Å². The van der Waals surface area contributed by atoms with Crippen molar-refractivity contribution in [1.29, 1.82) is 0 Å². The summed E-state index contributed by atoms with van der Waals surface area (Å²) in [5.41, 5.74) is 1.93. The fraction of sp³-hybridized carbons (Fsp3) is 0.700. The van der Waals surface area contributed by atoms with Gasteiger partial charge in [0.15, 0.2) is 0 Å². The third-order valence-corrected chi connectivity index (χ3v) is 5.87. The Labute approximate surface area is 136 Å². The molecule has 5 atom stereocenters.